The summed E-state index contributed by atoms with van der Waals surface area (Å²) in [6.45, 7) is 4.03. The minimum absolute atomic E-state index is 0.284. The Labute approximate surface area is 194 Å². The first-order valence-electron chi connectivity index (χ1n) is 10.2. The van der Waals surface area contributed by atoms with Crippen molar-refractivity contribution in [1.82, 2.24) is 9.66 Å². The molecule has 0 saturated carbocycles. The highest BCUT2D eigenvalue weighted by Crippen LogP contribution is 2.29. The molecule has 0 fully saturated rings. The number of nitrogens with zero attached hydrogens (tertiary/aromatic N) is 3. The van der Waals surface area contributed by atoms with Gasteiger partial charge in [0.15, 0.2) is 5.76 Å². The third-order valence-corrected chi connectivity index (χ3v) is 5.28. The van der Waals surface area contributed by atoms with E-state index in [9.17, 15) is 4.79 Å². The maximum atomic E-state index is 13.4. The van der Waals surface area contributed by atoms with Gasteiger partial charge in [-0.15, -0.1) is 0 Å². The van der Waals surface area contributed by atoms with Crippen LogP contribution in [0.4, 0.5) is 0 Å². The summed E-state index contributed by atoms with van der Waals surface area (Å²) in [5, 5.41) is 6.33. The number of ether oxygens (including phenoxy) is 1. The molecule has 3 aromatic carbocycles. The van der Waals surface area contributed by atoms with Crippen LogP contribution < -0.4 is 10.3 Å². The lowest BCUT2D eigenvalue weighted by molar-refractivity contribution is 0.362. The van der Waals surface area contributed by atoms with E-state index in [2.05, 4.69) is 16.7 Å². The molecule has 0 radical (unpaired) electrons. The molecule has 0 aliphatic carbocycles. The Hall–Kier alpha value is -4.16. The molecule has 2 aromatic heterocycles. The van der Waals surface area contributed by atoms with Crippen molar-refractivity contribution in [2.45, 2.75) is 0 Å². The summed E-state index contributed by atoms with van der Waals surface area (Å²) in [4.78, 5) is 18.1. The number of hydrogen-bond donors (Lipinski definition) is 0. The summed E-state index contributed by atoms with van der Waals surface area (Å²) >= 11 is 6.12. The summed E-state index contributed by atoms with van der Waals surface area (Å²) in [6, 6.07) is 21.7. The molecule has 6 nitrogen and oxygen atoms in total. The van der Waals surface area contributed by atoms with E-state index >= 15 is 0 Å². The summed E-state index contributed by atoms with van der Waals surface area (Å²) in [5.74, 6) is 1.32. The minimum atomic E-state index is -0.310. The lowest BCUT2D eigenvalue weighted by Gasteiger charge is -2.09. The Kier molecular flexibility index (Phi) is 5.50. The molecule has 0 amide bonds. The number of halogens is 1. The first-order valence-corrected chi connectivity index (χ1v) is 10.6. The number of fused-ring (bicyclic) bond motifs is 2. The third kappa shape index (κ3) is 4.04. The van der Waals surface area contributed by atoms with Gasteiger partial charge in [0, 0.05) is 16.0 Å². The lowest BCUT2D eigenvalue weighted by atomic mass is 10.2. The van der Waals surface area contributed by atoms with Crippen molar-refractivity contribution in [2.24, 2.45) is 5.10 Å². The van der Waals surface area contributed by atoms with Crippen LogP contribution in [0.2, 0.25) is 5.02 Å². The first-order chi connectivity index (χ1) is 16.1. The van der Waals surface area contributed by atoms with Crippen molar-refractivity contribution in [1.29, 1.82) is 0 Å². The molecule has 0 spiro atoms. The molecule has 162 valence electrons. The summed E-state index contributed by atoms with van der Waals surface area (Å²) in [6.07, 6.45) is 3.23. The van der Waals surface area contributed by atoms with Crippen LogP contribution in [0.1, 0.15) is 5.56 Å². The number of hydrogen-bond acceptors (Lipinski definition) is 5. The van der Waals surface area contributed by atoms with Crippen LogP contribution in [-0.2, 0) is 0 Å². The van der Waals surface area contributed by atoms with Crippen LogP contribution in [0.3, 0.4) is 0 Å². The van der Waals surface area contributed by atoms with E-state index < -0.39 is 0 Å². The van der Waals surface area contributed by atoms with Crippen LogP contribution in [-0.4, -0.2) is 22.5 Å². The topological polar surface area (TPSA) is 69.6 Å². The second kappa shape index (κ2) is 8.76. The number of aromatic nitrogens is 2. The quantitative estimate of drug-likeness (QED) is 0.236. The molecule has 5 aromatic rings. The van der Waals surface area contributed by atoms with Crippen molar-refractivity contribution < 1.29 is 9.15 Å². The van der Waals surface area contributed by atoms with Gasteiger partial charge in [0.25, 0.3) is 5.56 Å². The normalized spacial score (nSPS) is 11.4. The van der Waals surface area contributed by atoms with Gasteiger partial charge in [-0.3, -0.25) is 4.79 Å². The molecular weight excluding hydrogens is 438 g/mol. The number of furan rings is 1. The molecule has 0 aliphatic rings. The van der Waals surface area contributed by atoms with Crippen molar-refractivity contribution >= 4 is 39.7 Å². The van der Waals surface area contributed by atoms with E-state index in [1.165, 1.54) is 4.68 Å². The van der Waals surface area contributed by atoms with E-state index in [1.54, 1.807) is 54.8 Å². The zero-order valence-electron chi connectivity index (χ0n) is 17.4. The molecule has 0 saturated heterocycles. The molecule has 0 bridgehead atoms. The van der Waals surface area contributed by atoms with Crippen LogP contribution in [0.25, 0.3) is 33.5 Å². The summed E-state index contributed by atoms with van der Waals surface area (Å²) in [5.41, 5.74) is 1.59. The van der Waals surface area contributed by atoms with E-state index in [0.717, 1.165) is 5.39 Å². The second-order valence-electron chi connectivity index (χ2n) is 7.24. The van der Waals surface area contributed by atoms with E-state index in [0.29, 0.717) is 45.2 Å². The number of para-hydroxylation sites is 2. The zero-order valence-corrected chi connectivity index (χ0v) is 18.2. The SMILES string of the molecule is C=CCOc1ccccc1C=Nn1c(-c2cc3cc(Cl)ccc3o2)nc2ccccc2c1=O. The predicted molar refractivity (Wildman–Crippen MR) is 131 cm³/mol. The summed E-state index contributed by atoms with van der Waals surface area (Å²) < 4.78 is 12.9. The largest absolute Gasteiger partial charge is 0.489 e. The molecule has 0 N–H and O–H groups in total. The Bertz CT molecular complexity index is 1580. The van der Waals surface area contributed by atoms with Gasteiger partial charge in [0.1, 0.15) is 17.9 Å². The molecule has 7 heteroatoms. The highest BCUT2D eigenvalue weighted by atomic mass is 35.5. The second-order valence-corrected chi connectivity index (χ2v) is 7.68. The molecule has 33 heavy (non-hydrogen) atoms. The van der Waals surface area contributed by atoms with Crippen LogP contribution in [0.5, 0.6) is 5.75 Å². The van der Waals surface area contributed by atoms with Gasteiger partial charge in [-0.25, -0.2) is 4.98 Å². The Balaban J connectivity index is 1.69. The predicted octanol–water partition coefficient (Wildman–Crippen LogP) is 5.91. The van der Waals surface area contributed by atoms with Crippen molar-refractivity contribution in [3.8, 4) is 17.3 Å². The fraction of sp³-hybridized carbons (Fsp3) is 0.0385. The van der Waals surface area contributed by atoms with Gasteiger partial charge in [-0.2, -0.15) is 9.78 Å². The van der Waals surface area contributed by atoms with Crippen molar-refractivity contribution in [2.75, 3.05) is 6.61 Å². The Morgan fingerprint density at radius 2 is 1.91 bits per heavy atom. The fourth-order valence-corrected chi connectivity index (χ4v) is 3.68. The van der Waals surface area contributed by atoms with E-state index in [4.69, 9.17) is 20.8 Å². The van der Waals surface area contributed by atoms with Gasteiger partial charge in [0.05, 0.1) is 17.1 Å². The van der Waals surface area contributed by atoms with Crippen LogP contribution in [0, 0.1) is 0 Å². The average molecular weight is 456 g/mol. The standard InChI is InChI=1S/C26H18ClN3O3/c1-2-13-32-22-10-6-3-7-17(22)16-28-30-25(29-21-9-5-4-8-20(21)26(30)31)24-15-18-14-19(27)11-12-23(18)33-24/h2-12,14-16H,1,13H2. The van der Waals surface area contributed by atoms with Gasteiger partial charge < -0.3 is 9.15 Å². The molecule has 0 unspecified atom stereocenters. The van der Waals surface area contributed by atoms with Crippen molar-refractivity contribution in [3.63, 3.8) is 0 Å². The van der Waals surface area contributed by atoms with E-state index in [-0.39, 0.29) is 11.4 Å². The van der Waals surface area contributed by atoms with Crippen LogP contribution in [0.15, 0.2) is 99.8 Å². The number of rotatable bonds is 6. The highest BCUT2D eigenvalue weighted by molar-refractivity contribution is 6.31. The monoisotopic (exact) mass is 455 g/mol. The molecule has 0 aliphatic heterocycles. The van der Waals surface area contributed by atoms with Gasteiger partial charge >= 0.3 is 0 Å². The Morgan fingerprint density at radius 1 is 1.09 bits per heavy atom. The lowest BCUT2D eigenvalue weighted by Crippen LogP contribution is -2.20. The van der Waals surface area contributed by atoms with Gasteiger partial charge in [-0.05, 0) is 48.5 Å². The molecule has 2 heterocycles. The number of benzene rings is 3. The third-order valence-electron chi connectivity index (χ3n) is 5.04. The average Bonchev–Trinajstić information content (AvgIpc) is 3.25. The van der Waals surface area contributed by atoms with Crippen molar-refractivity contribution in [3.05, 3.63) is 106 Å². The fourth-order valence-electron chi connectivity index (χ4n) is 3.50. The maximum absolute atomic E-state index is 13.4. The Morgan fingerprint density at radius 3 is 2.79 bits per heavy atom. The first kappa shape index (κ1) is 20.7. The summed E-state index contributed by atoms with van der Waals surface area (Å²) in [7, 11) is 0. The van der Waals surface area contributed by atoms with Crippen LogP contribution >= 0.6 is 11.6 Å². The zero-order chi connectivity index (χ0) is 22.8. The van der Waals surface area contributed by atoms with E-state index in [1.807, 2.05) is 30.3 Å². The van der Waals surface area contributed by atoms with Gasteiger partial charge in [-0.1, -0.05) is 48.5 Å². The molecular formula is C26H18ClN3O3. The smallest absolute Gasteiger partial charge is 0.282 e. The maximum Gasteiger partial charge on any atom is 0.282 e. The molecule has 5 rings (SSSR count). The van der Waals surface area contributed by atoms with Gasteiger partial charge in [0.2, 0.25) is 5.82 Å². The minimum Gasteiger partial charge on any atom is -0.489 e. The highest BCUT2D eigenvalue weighted by Gasteiger charge is 2.16. The molecule has 0 atom stereocenters.